The van der Waals surface area contributed by atoms with Crippen molar-refractivity contribution < 1.29 is 13.2 Å². The topological polar surface area (TPSA) is 69.7 Å². The Bertz CT molecular complexity index is 1010. The smallest absolute Gasteiger partial charge is 0.251 e. The Morgan fingerprint density at radius 2 is 1.77 bits per heavy atom. The van der Waals surface area contributed by atoms with Crippen LogP contribution in [0.15, 0.2) is 47.4 Å². The van der Waals surface area contributed by atoms with Gasteiger partial charge in [-0.15, -0.1) is 0 Å². The third-order valence-corrected chi connectivity index (χ3v) is 7.86. The largest absolute Gasteiger partial charge is 0.348 e. The van der Waals surface area contributed by atoms with Crippen molar-refractivity contribution in [3.63, 3.8) is 0 Å². The number of benzene rings is 2. The number of nitrogens with one attached hydrogen (secondary N) is 1. The van der Waals surface area contributed by atoms with Crippen LogP contribution < -0.4 is 5.32 Å². The van der Waals surface area contributed by atoms with Gasteiger partial charge in [0.15, 0.2) is 0 Å². The molecular weight excluding hydrogens is 410 g/mol. The van der Waals surface area contributed by atoms with Crippen LogP contribution in [-0.2, 0) is 23.1 Å². The SMILES string of the molecule is CCN(C)Cc1cccc(CNC(=O)c2ccc(C)c(S(=O)(=O)N3CCCCC3)c2)c1. The molecule has 0 radical (unpaired) electrons. The van der Waals surface area contributed by atoms with Crippen LogP contribution in [-0.4, -0.2) is 50.2 Å². The summed E-state index contributed by atoms with van der Waals surface area (Å²) in [7, 11) is -1.52. The number of piperidine rings is 1. The van der Waals surface area contributed by atoms with E-state index >= 15 is 0 Å². The predicted octanol–water partition coefficient (Wildman–Crippen LogP) is 3.55. The quantitative estimate of drug-likeness (QED) is 0.677. The lowest BCUT2D eigenvalue weighted by molar-refractivity contribution is 0.0950. The minimum atomic E-state index is -3.59. The summed E-state index contributed by atoms with van der Waals surface area (Å²) in [6.07, 6.45) is 2.82. The van der Waals surface area contributed by atoms with Crippen LogP contribution in [0.4, 0.5) is 0 Å². The lowest BCUT2D eigenvalue weighted by atomic mass is 10.1. The maximum Gasteiger partial charge on any atom is 0.251 e. The van der Waals surface area contributed by atoms with Gasteiger partial charge < -0.3 is 10.2 Å². The fourth-order valence-corrected chi connectivity index (χ4v) is 5.58. The highest BCUT2D eigenvalue weighted by Gasteiger charge is 2.28. The Morgan fingerprint density at radius 3 is 2.48 bits per heavy atom. The highest BCUT2D eigenvalue weighted by molar-refractivity contribution is 7.89. The average Bonchev–Trinajstić information content (AvgIpc) is 2.78. The standard InChI is InChI=1S/C24H33N3O3S/c1-4-26(3)18-21-10-8-9-20(15-21)17-25-24(28)22-12-11-19(2)23(16-22)31(29,30)27-13-6-5-7-14-27/h8-12,15-16H,4-7,13-14,17-18H2,1-3H3,(H,25,28). The number of amides is 1. The van der Waals surface area contributed by atoms with Gasteiger partial charge in [-0.2, -0.15) is 4.31 Å². The first-order chi connectivity index (χ1) is 14.8. The van der Waals surface area contributed by atoms with Gasteiger partial charge in [-0.3, -0.25) is 4.79 Å². The van der Waals surface area contributed by atoms with Gasteiger partial charge >= 0.3 is 0 Å². The molecule has 0 aliphatic carbocycles. The van der Waals surface area contributed by atoms with E-state index in [-0.39, 0.29) is 10.8 Å². The molecule has 1 aliphatic rings. The fourth-order valence-electron chi connectivity index (χ4n) is 3.81. The molecule has 2 aromatic rings. The molecule has 7 heteroatoms. The Kier molecular flexibility index (Phi) is 7.86. The lowest BCUT2D eigenvalue weighted by Crippen LogP contribution is -2.36. The molecule has 0 saturated carbocycles. The Labute approximate surface area is 186 Å². The zero-order chi connectivity index (χ0) is 22.4. The molecule has 1 N–H and O–H groups in total. The summed E-state index contributed by atoms with van der Waals surface area (Å²) >= 11 is 0. The second kappa shape index (κ2) is 10.4. The molecule has 1 amide bonds. The second-order valence-corrected chi connectivity index (χ2v) is 10.2. The molecule has 1 aliphatic heterocycles. The van der Waals surface area contributed by atoms with Gasteiger partial charge in [-0.1, -0.05) is 43.7 Å². The minimum Gasteiger partial charge on any atom is -0.348 e. The van der Waals surface area contributed by atoms with Crippen LogP contribution in [0, 0.1) is 6.92 Å². The van der Waals surface area contributed by atoms with Gasteiger partial charge in [0.2, 0.25) is 10.0 Å². The number of hydrogen-bond acceptors (Lipinski definition) is 4. The Hall–Kier alpha value is -2.22. The molecule has 0 atom stereocenters. The first kappa shape index (κ1) is 23.4. The molecule has 0 spiro atoms. The molecule has 0 aromatic heterocycles. The monoisotopic (exact) mass is 443 g/mol. The van der Waals surface area contributed by atoms with E-state index in [0.717, 1.165) is 37.9 Å². The first-order valence-electron chi connectivity index (χ1n) is 11.0. The first-order valence-corrected chi connectivity index (χ1v) is 12.4. The Morgan fingerprint density at radius 1 is 1.06 bits per heavy atom. The number of nitrogens with zero attached hydrogens (tertiary/aromatic N) is 2. The van der Waals surface area contributed by atoms with Crippen LogP contribution in [0.5, 0.6) is 0 Å². The number of hydrogen-bond donors (Lipinski definition) is 1. The summed E-state index contributed by atoms with van der Waals surface area (Å²) < 4.78 is 27.7. The molecule has 31 heavy (non-hydrogen) atoms. The number of sulfonamides is 1. The van der Waals surface area contributed by atoms with Crippen molar-refractivity contribution in [3.05, 3.63) is 64.7 Å². The summed E-state index contributed by atoms with van der Waals surface area (Å²) in [5.74, 6) is -0.272. The van der Waals surface area contributed by atoms with Gasteiger partial charge in [-0.05, 0) is 62.2 Å². The van der Waals surface area contributed by atoms with E-state index in [1.165, 1.54) is 11.6 Å². The predicted molar refractivity (Wildman–Crippen MR) is 123 cm³/mol. The number of aryl methyl sites for hydroxylation is 1. The van der Waals surface area contributed by atoms with Crippen LogP contribution in [0.25, 0.3) is 0 Å². The molecule has 0 bridgehead atoms. The maximum absolute atomic E-state index is 13.1. The molecule has 1 fully saturated rings. The van der Waals surface area contributed by atoms with Gasteiger partial charge in [0.05, 0.1) is 4.90 Å². The van der Waals surface area contributed by atoms with Gasteiger partial charge in [0.1, 0.15) is 0 Å². The van der Waals surface area contributed by atoms with E-state index in [1.54, 1.807) is 23.4 Å². The molecular formula is C24H33N3O3S. The van der Waals surface area contributed by atoms with Gasteiger partial charge in [-0.25, -0.2) is 8.42 Å². The summed E-state index contributed by atoms with van der Waals surface area (Å²) in [6.45, 7) is 7.20. The maximum atomic E-state index is 13.1. The minimum absolute atomic E-state index is 0.228. The van der Waals surface area contributed by atoms with Crippen LogP contribution in [0.3, 0.4) is 0 Å². The van der Waals surface area contributed by atoms with E-state index in [1.807, 2.05) is 12.1 Å². The molecule has 168 valence electrons. The third-order valence-electron chi connectivity index (χ3n) is 5.82. The van der Waals surface area contributed by atoms with E-state index in [9.17, 15) is 13.2 Å². The third kappa shape index (κ3) is 5.93. The number of carbonyl (C=O) groups is 1. The summed E-state index contributed by atoms with van der Waals surface area (Å²) in [5.41, 5.74) is 3.24. The van der Waals surface area contributed by atoms with E-state index in [2.05, 4.69) is 36.3 Å². The normalized spacial score (nSPS) is 15.2. The molecule has 6 nitrogen and oxygen atoms in total. The molecule has 1 heterocycles. The number of rotatable bonds is 8. The van der Waals surface area contributed by atoms with Crippen molar-refractivity contribution in [2.45, 2.75) is 51.1 Å². The highest BCUT2D eigenvalue weighted by Crippen LogP contribution is 2.24. The summed E-state index contributed by atoms with van der Waals surface area (Å²) in [5, 5.41) is 2.93. The second-order valence-electron chi connectivity index (χ2n) is 8.28. The highest BCUT2D eigenvalue weighted by atomic mass is 32.2. The van der Waals surface area contributed by atoms with Crippen LogP contribution in [0.1, 0.15) is 53.2 Å². The average molecular weight is 444 g/mol. The fraction of sp³-hybridized carbons (Fsp3) is 0.458. The van der Waals surface area contributed by atoms with Crippen molar-refractivity contribution in [1.29, 1.82) is 0 Å². The molecule has 3 rings (SSSR count). The zero-order valence-electron chi connectivity index (χ0n) is 18.7. The van der Waals surface area contributed by atoms with Crippen molar-refractivity contribution in [2.75, 3.05) is 26.7 Å². The Balaban J connectivity index is 1.71. The van der Waals surface area contributed by atoms with E-state index in [4.69, 9.17) is 0 Å². The van der Waals surface area contributed by atoms with Crippen molar-refractivity contribution >= 4 is 15.9 Å². The van der Waals surface area contributed by atoms with Crippen LogP contribution in [0.2, 0.25) is 0 Å². The van der Waals surface area contributed by atoms with Gasteiger partial charge in [0.25, 0.3) is 5.91 Å². The van der Waals surface area contributed by atoms with Gasteiger partial charge in [0, 0.05) is 31.7 Å². The van der Waals surface area contributed by atoms with Crippen molar-refractivity contribution in [3.8, 4) is 0 Å². The van der Waals surface area contributed by atoms with Crippen molar-refractivity contribution in [2.24, 2.45) is 0 Å². The van der Waals surface area contributed by atoms with E-state index in [0.29, 0.717) is 30.8 Å². The molecule has 0 unspecified atom stereocenters. The summed E-state index contributed by atoms with van der Waals surface area (Å²) in [6, 6.07) is 13.1. The zero-order valence-corrected chi connectivity index (χ0v) is 19.5. The van der Waals surface area contributed by atoms with Crippen LogP contribution >= 0.6 is 0 Å². The molecule has 1 saturated heterocycles. The summed E-state index contributed by atoms with van der Waals surface area (Å²) in [4.78, 5) is 15.2. The number of carbonyl (C=O) groups excluding carboxylic acids is 1. The van der Waals surface area contributed by atoms with E-state index < -0.39 is 10.0 Å². The molecule has 2 aromatic carbocycles. The van der Waals surface area contributed by atoms with Crippen molar-refractivity contribution in [1.82, 2.24) is 14.5 Å². The lowest BCUT2D eigenvalue weighted by Gasteiger charge is -2.26.